The largest absolute Gasteiger partial charge is 0.507 e. The van der Waals surface area contributed by atoms with Crippen LogP contribution >= 0.6 is 0 Å². The summed E-state index contributed by atoms with van der Waals surface area (Å²) in [5.74, 6) is -0.479. The molecular formula is C22H19NO6. The number of aromatic hydroxyl groups is 1. The van der Waals surface area contributed by atoms with Crippen molar-refractivity contribution >= 4 is 17.6 Å². The lowest BCUT2D eigenvalue weighted by atomic mass is 10.1. The number of nitrogens with one attached hydrogen (secondary N) is 1. The molecule has 0 bridgehead atoms. The van der Waals surface area contributed by atoms with Crippen molar-refractivity contribution in [2.75, 3.05) is 19.5 Å². The van der Waals surface area contributed by atoms with E-state index in [-0.39, 0.29) is 22.6 Å². The van der Waals surface area contributed by atoms with Gasteiger partial charge in [0.1, 0.15) is 34.1 Å². The average Bonchev–Trinajstić information content (AvgIpc) is 2.73. The SMILES string of the molecule is COc1cccc(OC)c1C(=O)Nc1ccc(C(=O)Oc2ccccc2)c(O)c1. The van der Waals surface area contributed by atoms with E-state index in [4.69, 9.17) is 14.2 Å². The first kappa shape index (κ1) is 19.8. The minimum Gasteiger partial charge on any atom is -0.507 e. The van der Waals surface area contributed by atoms with Gasteiger partial charge in [-0.15, -0.1) is 0 Å². The van der Waals surface area contributed by atoms with Crippen molar-refractivity contribution in [3.63, 3.8) is 0 Å². The number of anilines is 1. The summed E-state index contributed by atoms with van der Waals surface area (Å²) in [5, 5.41) is 12.9. The van der Waals surface area contributed by atoms with E-state index in [2.05, 4.69) is 5.32 Å². The highest BCUT2D eigenvalue weighted by molar-refractivity contribution is 6.08. The maximum absolute atomic E-state index is 12.7. The molecular weight excluding hydrogens is 374 g/mol. The molecule has 0 saturated carbocycles. The van der Waals surface area contributed by atoms with Crippen LogP contribution < -0.4 is 19.5 Å². The van der Waals surface area contributed by atoms with Crippen LogP contribution in [0.5, 0.6) is 23.0 Å². The summed E-state index contributed by atoms with van der Waals surface area (Å²) in [4.78, 5) is 25.0. The van der Waals surface area contributed by atoms with Crippen molar-refractivity contribution in [3.05, 3.63) is 77.9 Å². The van der Waals surface area contributed by atoms with Crippen molar-refractivity contribution in [1.29, 1.82) is 0 Å². The molecule has 0 aliphatic rings. The number of amides is 1. The number of hydrogen-bond acceptors (Lipinski definition) is 6. The van der Waals surface area contributed by atoms with Gasteiger partial charge in [-0.2, -0.15) is 0 Å². The summed E-state index contributed by atoms with van der Waals surface area (Å²) in [6.07, 6.45) is 0. The van der Waals surface area contributed by atoms with E-state index in [0.29, 0.717) is 17.2 Å². The Hall–Kier alpha value is -4.00. The molecule has 3 rings (SSSR count). The lowest BCUT2D eigenvalue weighted by Crippen LogP contribution is -2.15. The van der Waals surface area contributed by atoms with E-state index in [1.165, 1.54) is 32.4 Å². The van der Waals surface area contributed by atoms with Gasteiger partial charge in [-0.05, 0) is 36.4 Å². The van der Waals surface area contributed by atoms with Gasteiger partial charge in [-0.3, -0.25) is 4.79 Å². The van der Waals surface area contributed by atoms with Crippen LogP contribution in [0.4, 0.5) is 5.69 Å². The summed E-state index contributed by atoms with van der Waals surface area (Å²) in [5.41, 5.74) is 0.475. The Morgan fingerprint density at radius 2 is 1.52 bits per heavy atom. The Morgan fingerprint density at radius 1 is 0.862 bits per heavy atom. The number of benzene rings is 3. The van der Waals surface area contributed by atoms with Gasteiger partial charge in [0.2, 0.25) is 0 Å². The molecule has 3 aromatic carbocycles. The van der Waals surface area contributed by atoms with Gasteiger partial charge >= 0.3 is 5.97 Å². The Bertz CT molecular complexity index is 1010. The van der Waals surface area contributed by atoms with Crippen LogP contribution in [-0.2, 0) is 0 Å². The molecule has 0 atom stereocenters. The highest BCUT2D eigenvalue weighted by Gasteiger charge is 2.20. The first-order chi connectivity index (χ1) is 14.0. The molecule has 29 heavy (non-hydrogen) atoms. The number of esters is 1. The van der Waals surface area contributed by atoms with Gasteiger partial charge in [0.25, 0.3) is 5.91 Å². The van der Waals surface area contributed by atoms with Crippen LogP contribution in [0.1, 0.15) is 20.7 Å². The zero-order valence-corrected chi connectivity index (χ0v) is 15.8. The fraction of sp³-hybridized carbons (Fsp3) is 0.0909. The molecule has 0 saturated heterocycles. The number of ether oxygens (including phenoxy) is 3. The molecule has 0 radical (unpaired) electrons. The van der Waals surface area contributed by atoms with Crippen LogP contribution in [0.15, 0.2) is 66.7 Å². The highest BCUT2D eigenvalue weighted by atomic mass is 16.5. The van der Waals surface area contributed by atoms with E-state index in [1.807, 2.05) is 0 Å². The maximum Gasteiger partial charge on any atom is 0.347 e. The molecule has 0 aliphatic carbocycles. The number of methoxy groups -OCH3 is 2. The van der Waals surface area contributed by atoms with E-state index in [1.54, 1.807) is 48.5 Å². The molecule has 7 nitrogen and oxygen atoms in total. The zero-order chi connectivity index (χ0) is 20.8. The summed E-state index contributed by atoms with van der Waals surface area (Å²) in [6, 6.07) is 17.6. The van der Waals surface area contributed by atoms with Crippen molar-refractivity contribution in [1.82, 2.24) is 0 Å². The quantitative estimate of drug-likeness (QED) is 0.488. The summed E-state index contributed by atoms with van der Waals surface area (Å²) in [6.45, 7) is 0. The van der Waals surface area contributed by atoms with Crippen molar-refractivity contribution in [2.24, 2.45) is 0 Å². The standard InChI is InChI=1S/C22H19NO6/c1-27-18-9-6-10-19(28-2)20(18)21(25)23-14-11-12-16(17(24)13-14)22(26)29-15-7-4-3-5-8-15/h3-13,24H,1-2H3,(H,23,25). The molecule has 2 N–H and O–H groups in total. The van der Waals surface area contributed by atoms with E-state index in [0.717, 1.165) is 0 Å². The number of para-hydroxylation sites is 1. The van der Waals surface area contributed by atoms with Gasteiger partial charge in [0.05, 0.1) is 14.2 Å². The molecule has 0 unspecified atom stereocenters. The summed E-state index contributed by atoms with van der Waals surface area (Å²) in [7, 11) is 2.90. The van der Waals surface area contributed by atoms with Gasteiger partial charge < -0.3 is 24.6 Å². The van der Waals surface area contributed by atoms with E-state index < -0.39 is 11.9 Å². The topological polar surface area (TPSA) is 94.1 Å². The summed E-state index contributed by atoms with van der Waals surface area (Å²) < 4.78 is 15.7. The normalized spacial score (nSPS) is 10.1. The second-order valence-corrected chi connectivity index (χ2v) is 5.93. The molecule has 3 aromatic rings. The van der Waals surface area contributed by atoms with Crippen LogP contribution in [0.3, 0.4) is 0 Å². The molecule has 0 fully saturated rings. The van der Waals surface area contributed by atoms with Crippen LogP contribution in [0.25, 0.3) is 0 Å². The molecule has 148 valence electrons. The third-order valence-corrected chi connectivity index (χ3v) is 4.08. The summed E-state index contributed by atoms with van der Waals surface area (Å²) >= 11 is 0. The third-order valence-electron chi connectivity index (χ3n) is 4.08. The lowest BCUT2D eigenvalue weighted by Gasteiger charge is -2.13. The Balaban J connectivity index is 1.79. The Labute approximate surface area is 167 Å². The van der Waals surface area contributed by atoms with Gasteiger partial charge in [0.15, 0.2) is 0 Å². The highest BCUT2D eigenvalue weighted by Crippen LogP contribution is 2.30. The molecule has 0 aromatic heterocycles. The Kier molecular flexibility index (Phi) is 5.99. The Morgan fingerprint density at radius 3 is 2.10 bits per heavy atom. The number of hydrogen-bond donors (Lipinski definition) is 2. The molecule has 0 spiro atoms. The predicted octanol–water partition coefficient (Wildman–Crippen LogP) is 3.88. The van der Waals surface area contributed by atoms with Gasteiger partial charge in [0, 0.05) is 11.8 Å². The molecule has 0 aliphatic heterocycles. The first-order valence-electron chi connectivity index (χ1n) is 8.66. The van der Waals surface area contributed by atoms with Crippen molar-refractivity contribution in [2.45, 2.75) is 0 Å². The second kappa shape index (κ2) is 8.79. The van der Waals surface area contributed by atoms with Crippen LogP contribution in [-0.4, -0.2) is 31.2 Å². The van der Waals surface area contributed by atoms with Gasteiger partial charge in [-0.25, -0.2) is 4.79 Å². The van der Waals surface area contributed by atoms with Crippen LogP contribution in [0.2, 0.25) is 0 Å². The number of carbonyl (C=O) groups is 2. The minimum atomic E-state index is -0.710. The molecule has 0 heterocycles. The number of rotatable bonds is 6. The molecule has 1 amide bonds. The number of phenols is 1. The number of carbonyl (C=O) groups excluding carboxylic acids is 2. The minimum absolute atomic E-state index is 0.0262. The fourth-order valence-electron chi connectivity index (χ4n) is 2.70. The average molecular weight is 393 g/mol. The first-order valence-corrected chi connectivity index (χ1v) is 8.66. The van der Waals surface area contributed by atoms with Crippen molar-refractivity contribution < 1.29 is 28.9 Å². The van der Waals surface area contributed by atoms with Crippen LogP contribution in [0, 0.1) is 0 Å². The fourth-order valence-corrected chi connectivity index (χ4v) is 2.70. The monoisotopic (exact) mass is 393 g/mol. The van der Waals surface area contributed by atoms with Crippen molar-refractivity contribution in [3.8, 4) is 23.0 Å². The van der Waals surface area contributed by atoms with E-state index >= 15 is 0 Å². The smallest absolute Gasteiger partial charge is 0.347 e. The van der Waals surface area contributed by atoms with E-state index in [9.17, 15) is 14.7 Å². The maximum atomic E-state index is 12.7. The number of phenolic OH excluding ortho intramolecular Hbond substituents is 1. The second-order valence-electron chi connectivity index (χ2n) is 5.93. The van der Waals surface area contributed by atoms with Gasteiger partial charge in [-0.1, -0.05) is 24.3 Å². The predicted molar refractivity (Wildman–Crippen MR) is 107 cm³/mol. The zero-order valence-electron chi connectivity index (χ0n) is 15.8. The lowest BCUT2D eigenvalue weighted by molar-refractivity contribution is 0.0731. The third kappa shape index (κ3) is 4.47. The molecule has 7 heteroatoms.